The molecular weight excluding hydrogens is 444 g/mol. The number of amidine groups is 1. The van der Waals surface area contributed by atoms with Crippen molar-refractivity contribution in [3.05, 3.63) is 107 Å². The van der Waals surface area contributed by atoms with Crippen LogP contribution < -0.4 is 14.8 Å². The number of benzene rings is 4. The number of methoxy groups -OCH3 is 1. The molecule has 5 rings (SSSR count). The maximum absolute atomic E-state index is 12.7. The molecule has 34 heavy (non-hydrogen) atoms. The molecule has 6 heteroatoms. The third-order valence-corrected chi connectivity index (χ3v) is 6.29. The van der Waals surface area contributed by atoms with Crippen LogP contribution in [0.4, 0.5) is 5.69 Å². The van der Waals surface area contributed by atoms with Crippen LogP contribution in [-0.2, 0) is 11.4 Å². The third kappa shape index (κ3) is 4.82. The lowest BCUT2D eigenvalue weighted by atomic mass is 10.1. The van der Waals surface area contributed by atoms with Crippen molar-refractivity contribution in [3.63, 3.8) is 0 Å². The van der Waals surface area contributed by atoms with Crippen molar-refractivity contribution >= 4 is 45.4 Å². The number of ether oxygens (including phenoxy) is 2. The quantitative estimate of drug-likeness (QED) is 0.338. The number of para-hydroxylation sites is 2. The Morgan fingerprint density at radius 1 is 0.882 bits per heavy atom. The highest BCUT2D eigenvalue weighted by Crippen LogP contribution is 2.34. The molecule has 0 aliphatic carbocycles. The standard InChI is InChI=1S/C28H22N2O3S/c1-32-24-14-8-7-11-21(24)18-33-25-16-20-10-6-5-9-19(20)15-22(25)17-26-27(31)30-28(34-26)29-23-12-3-2-4-13-23/h2-17H,18H2,1H3,(H,29,30,31). The molecule has 1 aliphatic rings. The van der Waals surface area contributed by atoms with Crippen molar-refractivity contribution in [2.24, 2.45) is 4.99 Å². The Balaban J connectivity index is 1.47. The van der Waals surface area contributed by atoms with Gasteiger partial charge in [0.05, 0.1) is 17.7 Å². The van der Waals surface area contributed by atoms with Crippen LogP contribution in [0.5, 0.6) is 11.5 Å². The molecule has 0 spiro atoms. The molecule has 0 radical (unpaired) electrons. The third-order valence-electron chi connectivity index (χ3n) is 5.38. The van der Waals surface area contributed by atoms with Crippen LogP contribution in [0.15, 0.2) is 101 Å². The minimum Gasteiger partial charge on any atom is -0.496 e. The summed E-state index contributed by atoms with van der Waals surface area (Å²) in [7, 11) is 1.65. The average molecular weight is 467 g/mol. The second-order valence-corrected chi connectivity index (χ2v) is 8.69. The van der Waals surface area contributed by atoms with Crippen LogP contribution in [0.2, 0.25) is 0 Å². The maximum atomic E-state index is 12.7. The van der Waals surface area contributed by atoms with Crippen LogP contribution in [0, 0.1) is 0 Å². The van der Waals surface area contributed by atoms with Crippen molar-refractivity contribution in [3.8, 4) is 11.5 Å². The highest BCUT2D eigenvalue weighted by Gasteiger charge is 2.24. The highest BCUT2D eigenvalue weighted by atomic mass is 32.2. The van der Waals surface area contributed by atoms with E-state index in [2.05, 4.69) is 10.3 Å². The Morgan fingerprint density at radius 2 is 1.59 bits per heavy atom. The number of nitrogens with one attached hydrogen (secondary N) is 1. The SMILES string of the molecule is COc1ccccc1COc1cc2ccccc2cc1C=C1SC(=Nc2ccccc2)NC1=O. The molecule has 0 atom stereocenters. The Labute approximate surface area is 202 Å². The van der Waals surface area contributed by atoms with Gasteiger partial charge in [-0.2, -0.15) is 0 Å². The molecule has 1 aliphatic heterocycles. The Kier molecular flexibility index (Phi) is 6.31. The van der Waals surface area contributed by atoms with Crippen molar-refractivity contribution in [1.82, 2.24) is 5.32 Å². The normalized spacial score (nSPS) is 15.6. The van der Waals surface area contributed by atoms with Gasteiger partial charge in [-0.15, -0.1) is 0 Å². The first kappa shape index (κ1) is 21.8. The summed E-state index contributed by atoms with van der Waals surface area (Å²) in [6.07, 6.45) is 1.86. The molecule has 1 fully saturated rings. The van der Waals surface area contributed by atoms with Gasteiger partial charge in [0.1, 0.15) is 18.1 Å². The average Bonchev–Trinajstić information content (AvgIpc) is 3.21. The smallest absolute Gasteiger partial charge is 0.264 e. The van der Waals surface area contributed by atoms with Crippen LogP contribution in [0.1, 0.15) is 11.1 Å². The van der Waals surface area contributed by atoms with E-state index in [0.29, 0.717) is 22.4 Å². The Hall–Kier alpha value is -4.03. The van der Waals surface area contributed by atoms with Gasteiger partial charge in [0.15, 0.2) is 5.17 Å². The summed E-state index contributed by atoms with van der Waals surface area (Å²) < 4.78 is 11.7. The zero-order valence-corrected chi connectivity index (χ0v) is 19.3. The monoisotopic (exact) mass is 466 g/mol. The minimum atomic E-state index is -0.177. The first-order valence-corrected chi connectivity index (χ1v) is 11.6. The Morgan fingerprint density at radius 3 is 2.38 bits per heavy atom. The van der Waals surface area contributed by atoms with E-state index in [4.69, 9.17) is 9.47 Å². The van der Waals surface area contributed by atoms with E-state index in [1.165, 1.54) is 11.8 Å². The largest absolute Gasteiger partial charge is 0.496 e. The fourth-order valence-corrected chi connectivity index (χ4v) is 4.53. The van der Waals surface area contributed by atoms with Gasteiger partial charge >= 0.3 is 0 Å². The number of aliphatic imine (C=N–C) groups is 1. The van der Waals surface area contributed by atoms with Crippen molar-refractivity contribution in [2.75, 3.05) is 7.11 Å². The number of rotatable bonds is 6. The van der Waals surface area contributed by atoms with Crippen molar-refractivity contribution < 1.29 is 14.3 Å². The van der Waals surface area contributed by atoms with Gasteiger partial charge in [-0.05, 0) is 58.9 Å². The van der Waals surface area contributed by atoms with E-state index in [-0.39, 0.29) is 5.91 Å². The first-order chi connectivity index (χ1) is 16.7. The second-order valence-electron chi connectivity index (χ2n) is 7.65. The second kappa shape index (κ2) is 9.85. The zero-order chi connectivity index (χ0) is 23.3. The van der Waals surface area contributed by atoms with E-state index < -0.39 is 0 Å². The molecule has 1 N–H and O–H groups in total. The highest BCUT2D eigenvalue weighted by molar-refractivity contribution is 8.18. The van der Waals surface area contributed by atoms with Gasteiger partial charge in [0.25, 0.3) is 5.91 Å². The summed E-state index contributed by atoms with van der Waals surface area (Å²) in [4.78, 5) is 17.8. The number of hydrogen-bond donors (Lipinski definition) is 1. The zero-order valence-electron chi connectivity index (χ0n) is 18.5. The molecule has 5 nitrogen and oxygen atoms in total. The van der Waals surface area contributed by atoms with Crippen LogP contribution >= 0.6 is 11.8 Å². The molecule has 1 heterocycles. The Bertz CT molecular complexity index is 1410. The van der Waals surface area contributed by atoms with Gasteiger partial charge in [-0.1, -0.05) is 60.7 Å². The fraction of sp³-hybridized carbons (Fsp3) is 0.0714. The number of carbonyl (C=O) groups is 1. The lowest BCUT2D eigenvalue weighted by Crippen LogP contribution is -2.19. The predicted molar refractivity (Wildman–Crippen MR) is 139 cm³/mol. The van der Waals surface area contributed by atoms with Gasteiger partial charge in [0, 0.05) is 11.1 Å². The van der Waals surface area contributed by atoms with Crippen LogP contribution in [0.25, 0.3) is 16.8 Å². The lowest BCUT2D eigenvalue weighted by molar-refractivity contribution is -0.115. The van der Waals surface area contributed by atoms with Crippen molar-refractivity contribution in [1.29, 1.82) is 0 Å². The molecule has 1 saturated heterocycles. The molecular formula is C28H22N2O3S. The number of thioether (sulfide) groups is 1. The number of amides is 1. The number of hydrogen-bond acceptors (Lipinski definition) is 5. The van der Waals surface area contributed by atoms with E-state index in [1.54, 1.807) is 7.11 Å². The minimum absolute atomic E-state index is 0.177. The molecule has 4 aromatic rings. The molecule has 4 aromatic carbocycles. The van der Waals surface area contributed by atoms with Gasteiger partial charge in [-0.25, -0.2) is 4.99 Å². The molecule has 168 valence electrons. The number of nitrogens with zero attached hydrogens (tertiary/aromatic N) is 1. The summed E-state index contributed by atoms with van der Waals surface area (Å²) in [5.41, 5.74) is 2.56. The van der Waals surface area contributed by atoms with Gasteiger partial charge < -0.3 is 14.8 Å². The van der Waals surface area contributed by atoms with Crippen molar-refractivity contribution in [2.45, 2.75) is 6.61 Å². The molecule has 0 saturated carbocycles. The topological polar surface area (TPSA) is 59.9 Å². The number of fused-ring (bicyclic) bond motifs is 1. The van der Waals surface area contributed by atoms with Gasteiger partial charge in [-0.3, -0.25) is 4.79 Å². The molecule has 1 amide bonds. The maximum Gasteiger partial charge on any atom is 0.264 e. The van der Waals surface area contributed by atoms with E-state index in [1.807, 2.05) is 97.1 Å². The molecule has 0 aromatic heterocycles. The summed E-state index contributed by atoms with van der Waals surface area (Å²) in [5, 5.41) is 5.54. The first-order valence-electron chi connectivity index (χ1n) is 10.8. The summed E-state index contributed by atoms with van der Waals surface area (Å²) >= 11 is 1.32. The fourth-order valence-electron chi connectivity index (χ4n) is 3.69. The van der Waals surface area contributed by atoms with E-state index in [0.717, 1.165) is 33.3 Å². The number of carbonyl (C=O) groups excluding carboxylic acids is 1. The van der Waals surface area contributed by atoms with Gasteiger partial charge in [0.2, 0.25) is 0 Å². The van der Waals surface area contributed by atoms with Crippen LogP contribution in [-0.4, -0.2) is 18.2 Å². The van der Waals surface area contributed by atoms with Crippen LogP contribution in [0.3, 0.4) is 0 Å². The summed E-state index contributed by atoms with van der Waals surface area (Å²) in [6, 6.07) is 29.5. The van der Waals surface area contributed by atoms with E-state index in [9.17, 15) is 4.79 Å². The predicted octanol–water partition coefficient (Wildman–Crippen LogP) is 6.32. The van der Waals surface area contributed by atoms with E-state index >= 15 is 0 Å². The lowest BCUT2D eigenvalue weighted by Gasteiger charge is -2.13. The molecule has 0 bridgehead atoms. The molecule has 0 unspecified atom stereocenters. The summed E-state index contributed by atoms with van der Waals surface area (Å²) in [5.74, 6) is 1.29. The summed E-state index contributed by atoms with van der Waals surface area (Å²) in [6.45, 7) is 0.346.